The molecule has 44 heavy (non-hydrogen) atoms. The quantitative estimate of drug-likeness (QED) is 0.0830. The number of imide groups is 1. The highest BCUT2D eigenvalue weighted by atomic mass is 19.1. The summed E-state index contributed by atoms with van der Waals surface area (Å²) in [5.41, 5.74) is 4.58. The van der Waals surface area contributed by atoms with E-state index in [1.165, 1.54) is 17.1 Å². The van der Waals surface area contributed by atoms with Gasteiger partial charge in [0, 0.05) is 31.0 Å². The molecule has 3 aromatic rings. The molecular formula is C34H30FNO8. The van der Waals surface area contributed by atoms with Crippen molar-refractivity contribution in [3.05, 3.63) is 102 Å². The third-order valence-corrected chi connectivity index (χ3v) is 7.28. The fourth-order valence-corrected chi connectivity index (χ4v) is 5.02. The molecule has 5 rings (SSSR count). The Morgan fingerprint density at radius 2 is 1.39 bits per heavy atom. The van der Waals surface area contributed by atoms with Crippen molar-refractivity contribution >= 4 is 23.8 Å². The van der Waals surface area contributed by atoms with Gasteiger partial charge in [0.05, 0.1) is 25.4 Å². The number of rotatable bonds is 13. The molecule has 0 fully saturated rings. The van der Waals surface area contributed by atoms with Crippen molar-refractivity contribution in [1.29, 1.82) is 0 Å². The van der Waals surface area contributed by atoms with Crippen LogP contribution < -0.4 is 14.2 Å². The number of carbonyl (C=O) groups excluding carboxylic acids is 4. The summed E-state index contributed by atoms with van der Waals surface area (Å²) in [4.78, 5) is 48.5. The molecule has 0 spiro atoms. The lowest BCUT2D eigenvalue weighted by Crippen LogP contribution is -2.31. The summed E-state index contributed by atoms with van der Waals surface area (Å²) in [6.07, 6.45) is 3.39. The molecule has 2 amide bonds. The van der Waals surface area contributed by atoms with E-state index >= 15 is 0 Å². The molecule has 1 aliphatic heterocycles. The van der Waals surface area contributed by atoms with E-state index in [0.717, 1.165) is 22.3 Å². The second-order valence-electron chi connectivity index (χ2n) is 10.2. The van der Waals surface area contributed by atoms with Crippen LogP contribution in [0.15, 0.2) is 85.2 Å². The number of amides is 2. The van der Waals surface area contributed by atoms with Crippen LogP contribution in [0.2, 0.25) is 0 Å². The number of esters is 2. The lowest BCUT2D eigenvalue weighted by Gasteiger charge is -2.14. The summed E-state index contributed by atoms with van der Waals surface area (Å²) < 4.78 is 34.5. The maximum Gasteiger partial charge on any atom is 0.366 e. The predicted octanol–water partition coefficient (Wildman–Crippen LogP) is 5.53. The first-order valence-corrected chi connectivity index (χ1v) is 14.1. The van der Waals surface area contributed by atoms with Crippen molar-refractivity contribution in [3.8, 4) is 28.4 Å². The zero-order valence-electron chi connectivity index (χ0n) is 24.0. The molecule has 1 atom stereocenters. The Morgan fingerprint density at radius 3 is 2.09 bits per heavy atom. The Balaban J connectivity index is 1.12. The minimum atomic E-state index is -1.13. The molecule has 1 unspecified atom stereocenters. The monoisotopic (exact) mass is 599 g/mol. The van der Waals surface area contributed by atoms with Crippen LogP contribution in [0.5, 0.6) is 17.2 Å². The molecule has 10 heteroatoms. The van der Waals surface area contributed by atoms with Crippen LogP contribution in [-0.4, -0.2) is 55.0 Å². The van der Waals surface area contributed by atoms with Crippen molar-refractivity contribution in [2.75, 3.05) is 26.4 Å². The summed E-state index contributed by atoms with van der Waals surface area (Å²) in [5.74, 6) is -1.71. The summed E-state index contributed by atoms with van der Waals surface area (Å²) >= 11 is 0. The average molecular weight is 600 g/mol. The molecule has 0 radical (unpaired) electrons. The van der Waals surface area contributed by atoms with Crippen LogP contribution in [0.1, 0.15) is 47.2 Å². The van der Waals surface area contributed by atoms with Gasteiger partial charge in [-0.15, -0.1) is 0 Å². The van der Waals surface area contributed by atoms with Crippen LogP contribution in [-0.2, 0) is 19.1 Å². The number of hydrogen-bond donors (Lipinski definition) is 0. The van der Waals surface area contributed by atoms with E-state index in [1.807, 2.05) is 30.3 Å². The van der Waals surface area contributed by atoms with Crippen molar-refractivity contribution in [2.24, 2.45) is 0 Å². The van der Waals surface area contributed by atoms with Gasteiger partial charge in [0.25, 0.3) is 11.8 Å². The van der Waals surface area contributed by atoms with Crippen molar-refractivity contribution < 1.29 is 42.5 Å². The summed E-state index contributed by atoms with van der Waals surface area (Å²) in [6.45, 7) is 5.86. The molecule has 3 aromatic carbocycles. The highest BCUT2D eigenvalue weighted by Crippen LogP contribution is 2.46. The zero-order chi connectivity index (χ0) is 31.2. The van der Waals surface area contributed by atoms with Gasteiger partial charge in [-0.3, -0.25) is 14.5 Å². The van der Waals surface area contributed by atoms with Gasteiger partial charge >= 0.3 is 11.9 Å². The smallest absolute Gasteiger partial charge is 0.366 e. The Labute approximate surface area is 253 Å². The van der Waals surface area contributed by atoms with Gasteiger partial charge in [-0.05, 0) is 77.2 Å². The van der Waals surface area contributed by atoms with Crippen molar-refractivity contribution in [1.82, 2.24) is 4.90 Å². The van der Waals surface area contributed by atoms with E-state index in [2.05, 4.69) is 13.5 Å². The molecule has 9 nitrogen and oxygen atoms in total. The van der Waals surface area contributed by atoms with Crippen molar-refractivity contribution in [2.45, 2.75) is 25.7 Å². The molecule has 2 aliphatic rings. The van der Waals surface area contributed by atoms with Crippen LogP contribution in [0.25, 0.3) is 11.1 Å². The molecule has 0 aromatic heterocycles. The van der Waals surface area contributed by atoms with E-state index in [1.54, 1.807) is 30.3 Å². The molecule has 0 saturated carbocycles. The number of carbonyl (C=O) groups is 4. The molecule has 0 saturated heterocycles. The van der Waals surface area contributed by atoms with Gasteiger partial charge in [-0.2, -0.15) is 4.39 Å². The SMILES string of the molecule is C=C(F)C(=O)OCCCOc1ccc2c(c1)C(C)c1cc(C(=O)Oc3ccc(OCCCN4C(=O)C=CC4=O)cc3)ccc1-2. The largest absolute Gasteiger partial charge is 0.494 e. The number of benzene rings is 3. The second kappa shape index (κ2) is 13.4. The van der Waals surface area contributed by atoms with E-state index in [9.17, 15) is 23.6 Å². The van der Waals surface area contributed by atoms with Gasteiger partial charge in [0.2, 0.25) is 5.83 Å². The first-order valence-electron chi connectivity index (χ1n) is 14.1. The number of nitrogens with zero attached hydrogens (tertiary/aromatic N) is 1. The van der Waals surface area contributed by atoms with Crippen LogP contribution in [0.3, 0.4) is 0 Å². The maximum atomic E-state index is 13.0. The fourth-order valence-electron chi connectivity index (χ4n) is 5.02. The first-order chi connectivity index (χ1) is 21.2. The number of fused-ring (bicyclic) bond motifs is 3. The van der Waals surface area contributed by atoms with Crippen LogP contribution in [0, 0.1) is 0 Å². The first kappa shape index (κ1) is 30.2. The minimum Gasteiger partial charge on any atom is -0.494 e. The topological polar surface area (TPSA) is 108 Å². The Bertz CT molecular complexity index is 1630. The predicted molar refractivity (Wildman–Crippen MR) is 158 cm³/mol. The molecule has 1 aliphatic carbocycles. The molecule has 1 heterocycles. The summed E-state index contributed by atoms with van der Waals surface area (Å²) in [6, 6.07) is 17.9. The molecular weight excluding hydrogens is 569 g/mol. The molecule has 0 bridgehead atoms. The van der Waals surface area contributed by atoms with Gasteiger partial charge in [0.15, 0.2) is 0 Å². The second-order valence-corrected chi connectivity index (χ2v) is 10.2. The van der Waals surface area contributed by atoms with E-state index in [-0.39, 0.29) is 37.5 Å². The normalized spacial score (nSPS) is 14.7. The molecule has 0 N–H and O–H groups in total. The Hall–Kier alpha value is -5.25. The Kier molecular flexibility index (Phi) is 9.18. The highest BCUT2D eigenvalue weighted by molar-refractivity contribution is 6.12. The number of halogens is 1. The van der Waals surface area contributed by atoms with Crippen LogP contribution >= 0.6 is 0 Å². The fraction of sp³-hybridized carbons (Fsp3) is 0.235. The third kappa shape index (κ3) is 6.86. The van der Waals surface area contributed by atoms with Gasteiger partial charge in [-0.25, -0.2) is 9.59 Å². The Morgan fingerprint density at radius 1 is 0.795 bits per heavy atom. The standard InChI is InChI=1S/C34H30FNO8/c1-21-29-19-23(5-11-27(29)28-12-10-26(20-30(21)28)42-17-4-18-43-33(39)22(2)35)34(40)44-25-8-6-24(7-9-25)41-16-3-15-36-31(37)13-14-32(36)38/h5-14,19-21H,2-4,15-18H2,1H3. The zero-order valence-corrected chi connectivity index (χ0v) is 24.0. The lowest BCUT2D eigenvalue weighted by molar-refractivity contribution is -0.141. The average Bonchev–Trinajstić information content (AvgIpc) is 3.49. The highest BCUT2D eigenvalue weighted by Gasteiger charge is 2.27. The van der Waals surface area contributed by atoms with Gasteiger partial charge in [-0.1, -0.05) is 25.6 Å². The third-order valence-electron chi connectivity index (χ3n) is 7.28. The van der Waals surface area contributed by atoms with Crippen molar-refractivity contribution in [3.63, 3.8) is 0 Å². The van der Waals surface area contributed by atoms with E-state index in [0.29, 0.717) is 42.3 Å². The summed E-state index contributed by atoms with van der Waals surface area (Å²) in [5, 5.41) is 0. The van der Waals surface area contributed by atoms with Crippen LogP contribution in [0.4, 0.5) is 4.39 Å². The summed E-state index contributed by atoms with van der Waals surface area (Å²) in [7, 11) is 0. The molecule has 226 valence electrons. The van der Waals surface area contributed by atoms with Gasteiger partial charge < -0.3 is 18.9 Å². The van der Waals surface area contributed by atoms with Gasteiger partial charge in [0.1, 0.15) is 17.2 Å². The number of ether oxygens (including phenoxy) is 4. The van der Waals surface area contributed by atoms with E-state index < -0.39 is 17.8 Å². The van der Waals surface area contributed by atoms with E-state index in [4.69, 9.17) is 18.9 Å². The lowest BCUT2D eigenvalue weighted by atomic mass is 9.98. The minimum absolute atomic E-state index is 0.0160. The maximum absolute atomic E-state index is 13.0. The number of hydrogen-bond acceptors (Lipinski definition) is 8.